The average molecular weight is 340 g/mol. The molecular weight excluding hydrogens is 318 g/mol. The van der Waals surface area contributed by atoms with Crippen LogP contribution in [0.4, 0.5) is 0 Å². The second kappa shape index (κ2) is 7.19. The summed E-state index contributed by atoms with van der Waals surface area (Å²) in [5, 5.41) is 13.3. The van der Waals surface area contributed by atoms with Crippen molar-refractivity contribution in [1.29, 1.82) is 0 Å². The zero-order chi connectivity index (χ0) is 17.1. The first kappa shape index (κ1) is 17.6. The number of amides is 2. The summed E-state index contributed by atoms with van der Waals surface area (Å²) in [5.74, 6) is -0.487. The quantitative estimate of drug-likeness (QED) is 0.753. The predicted molar refractivity (Wildman–Crippen MR) is 88.1 cm³/mol. The zero-order valence-electron chi connectivity index (χ0n) is 13.3. The molecule has 126 valence electrons. The molecule has 1 saturated heterocycles. The van der Waals surface area contributed by atoms with Crippen LogP contribution in [0.5, 0.6) is 5.75 Å². The predicted octanol–water partition coefficient (Wildman–Crippen LogP) is 1.31. The van der Waals surface area contributed by atoms with Crippen LogP contribution in [0.1, 0.15) is 30.9 Å². The summed E-state index contributed by atoms with van der Waals surface area (Å²) in [4.78, 5) is 25.6. The molecule has 1 aromatic rings. The Morgan fingerprint density at radius 1 is 1.52 bits per heavy atom. The monoisotopic (exact) mass is 339 g/mol. The number of nitrogens with zero attached hydrogens (tertiary/aromatic N) is 1. The molecule has 2 amide bonds. The normalized spacial score (nSPS) is 19.5. The largest absolute Gasteiger partial charge is 0.507 e. The van der Waals surface area contributed by atoms with Crippen molar-refractivity contribution in [3.05, 3.63) is 28.3 Å². The molecule has 1 aromatic carbocycles. The number of nitrogens with two attached hydrogens (primary N) is 1. The zero-order valence-corrected chi connectivity index (χ0v) is 14.1. The first-order valence-electron chi connectivity index (χ1n) is 7.62. The highest BCUT2D eigenvalue weighted by atomic mass is 35.5. The maximum atomic E-state index is 12.3. The first-order chi connectivity index (χ1) is 10.8. The smallest absolute Gasteiger partial charge is 0.237 e. The van der Waals surface area contributed by atoms with Crippen LogP contribution in [-0.4, -0.2) is 40.4 Å². The van der Waals surface area contributed by atoms with Gasteiger partial charge in [0.1, 0.15) is 5.75 Å². The minimum atomic E-state index is -0.461. The summed E-state index contributed by atoms with van der Waals surface area (Å²) in [5.41, 5.74) is 6.60. The SMILES string of the molecule is Cc1cc(Cl)cc(CNC(=O)[C@H](C)N2CCCC2C(N)=O)c1O. The van der Waals surface area contributed by atoms with Crippen LogP contribution in [0.25, 0.3) is 0 Å². The van der Waals surface area contributed by atoms with Crippen LogP contribution >= 0.6 is 11.6 Å². The van der Waals surface area contributed by atoms with Crippen molar-refractivity contribution in [2.45, 2.75) is 45.3 Å². The van der Waals surface area contributed by atoms with Gasteiger partial charge in [0.25, 0.3) is 0 Å². The van der Waals surface area contributed by atoms with E-state index >= 15 is 0 Å². The van der Waals surface area contributed by atoms with Crippen LogP contribution < -0.4 is 11.1 Å². The number of aromatic hydroxyl groups is 1. The number of likely N-dealkylation sites (tertiary alicyclic amines) is 1. The summed E-state index contributed by atoms with van der Waals surface area (Å²) in [7, 11) is 0. The molecular formula is C16H22ClN3O3. The Bertz CT molecular complexity index is 621. The number of phenolic OH excluding ortho intramolecular Hbond substituents is 1. The Balaban J connectivity index is 2.01. The molecule has 0 aromatic heterocycles. The number of aryl methyl sites for hydroxylation is 1. The van der Waals surface area contributed by atoms with Gasteiger partial charge in [-0.3, -0.25) is 14.5 Å². The molecule has 1 aliphatic rings. The van der Waals surface area contributed by atoms with Crippen molar-refractivity contribution < 1.29 is 14.7 Å². The van der Waals surface area contributed by atoms with Gasteiger partial charge in [0.15, 0.2) is 0 Å². The highest BCUT2D eigenvalue weighted by Gasteiger charge is 2.35. The van der Waals surface area contributed by atoms with Crippen molar-refractivity contribution in [3.63, 3.8) is 0 Å². The number of phenols is 1. The van der Waals surface area contributed by atoms with E-state index in [0.717, 1.165) is 6.42 Å². The fraction of sp³-hybridized carbons (Fsp3) is 0.500. The molecule has 1 fully saturated rings. The molecule has 1 heterocycles. The van der Waals surface area contributed by atoms with Gasteiger partial charge < -0.3 is 16.2 Å². The Labute approximate surface area is 140 Å². The number of carbonyl (C=O) groups is 2. The second-order valence-corrected chi connectivity index (χ2v) is 6.36. The fourth-order valence-corrected chi connectivity index (χ4v) is 3.27. The van der Waals surface area contributed by atoms with E-state index in [1.54, 1.807) is 26.0 Å². The number of nitrogens with one attached hydrogen (secondary N) is 1. The third kappa shape index (κ3) is 3.95. The summed E-state index contributed by atoms with van der Waals surface area (Å²) in [6, 6.07) is 2.43. The molecule has 2 rings (SSSR count). The number of rotatable bonds is 5. The lowest BCUT2D eigenvalue weighted by Crippen LogP contribution is -2.50. The van der Waals surface area contributed by atoms with Crippen molar-refractivity contribution >= 4 is 23.4 Å². The molecule has 1 unspecified atom stereocenters. The molecule has 7 heteroatoms. The van der Waals surface area contributed by atoms with E-state index in [1.165, 1.54) is 0 Å². The first-order valence-corrected chi connectivity index (χ1v) is 7.99. The van der Waals surface area contributed by atoms with Crippen LogP contribution in [0.15, 0.2) is 12.1 Å². The van der Waals surface area contributed by atoms with Gasteiger partial charge in [-0.05, 0) is 50.9 Å². The summed E-state index contributed by atoms with van der Waals surface area (Å²) >= 11 is 5.97. The number of hydrogen-bond acceptors (Lipinski definition) is 4. The van der Waals surface area contributed by atoms with Crippen LogP contribution in [-0.2, 0) is 16.1 Å². The van der Waals surface area contributed by atoms with Crippen molar-refractivity contribution in [2.75, 3.05) is 6.54 Å². The van der Waals surface area contributed by atoms with Gasteiger partial charge in [-0.15, -0.1) is 0 Å². The minimum absolute atomic E-state index is 0.124. The van der Waals surface area contributed by atoms with E-state index in [1.807, 2.05) is 4.90 Å². The van der Waals surface area contributed by atoms with Gasteiger partial charge in [-0.2, -0.15) is 0 Å². The Hall–Kier alpha value is -1.79. The Morgan fingerprint density at radius 2 is 2.22 bits per heavy atom. The second-order valence-electron chi connectivity index (χ2n) is 5.92. The van der Waals surface area contributed by atoms with E-state index in [2.05, 4.69) is 5.32 Å². The maximum Gasteiger partial charge on any atom is 0.237 e. The fourth-order valence-electron chi connectivity index (χ4n) is 2.98. The number of carbonyl (C=O) groups excluding carboxylic acids is 2. The highest BCUT2D eigenvalue weighted by molar-refractivity contribution is 6.30. The van der Waals surface area contributed by atoms with Gasteiger partial charge >= 0.3 is 0 Å². The molecule has 0 spiro atoms. The third-order valence-corrected chi connectivity index (χ3v) is 4.52. The Kier molecular flexibility index (Phi) is 5.49. The van der Waals surface area contributed by atoms with Crippen molar-refractivity contribution in [1.82, 2.24) is 10.2 Å². The van der Waals surface area contributed by atoms with Gasteiger partial charge in [0.2, 0.25) is 11.8 Å². The molecule has 1 aliphatic heterocycles. The number of benzene rings is 1. The van der Waals surface area contributed by atoms with Crippen molar-refractivity contribution in [3.8, 4) is 5.75 Å². The highest BCUT2D eigenvalue weighted by Crippen LogP contribution is 2.26. The van der Waals surface area contributed by atoms with Gasteiger partial charge in [-0.1, -0.05) is 11.6 Å². The van der Waals surface area contributed by atoms with E-state index in [-0.39, 0.29) is 18.2 Å². The van der Waals surface area contributed by atoms with Crippen LogP contribution in [0.3, 0.4) is 0 Å². The van der Waals surface area contributed by atoms with Gasteiger partial charge in [0, 0.05) is 17.1 Å². The van der Waals surface area contributed by atoms with Crippen LogP contribution in [0.2, 0.25) is 5.02 Å². The van der Waals surface area contributed by atoms with E-state index in [4.69, 9.17) is 17.3 Å². The summed E-state index contributed by atoms with van der Waals surface area (Å²) in [6.07, 6.45) is 1.53. The van der Waals surface area contributed by atoms with E-state index in [9.17, 15) is 14.7 Å². The standard InChI is InChI=1S/C16H22ClN3O3/c1-9-6-12(17)7-11(14(9)21)8-19-16(23)10(2)20-5-3-4-13(20)15(18)22/h6-7,10,13,21H,3-5,8H2,1-2H3,(H2,18,22)(H,19,23)/t10-,13?/m0/s1. The van der Waals surface area contributed by atoms with Gasteiger partial charge in [-0.25, -0.2) is 0 Å². The van der Waals surface area contributed by atoms with E-state index in [0.29, 0.717) is 29.1 Å². The molecule has 0 aliphatic carbocycles. The number of primary amides is 1. The average Bonchev–Trinajstić information content (AvgIpc) is 2.97. The number of halogens is 1. The van der Waals surface area contributed by atoms with Gasteiger partial charge in [0.05, 0.1) is 12.1 Å². The molecule has 4 N–H and O–H groups in total. The molecule has 0 radical (unpaired) electrons. The summed E-state index contributed by atoms with van der Waals surface area (Å²) < 4.78 is 0. The Morgan fingerprint density at radius 3 is 2.87 bits per heavy atom. The summed E-state index contributed by atoms with van der Waals surface area (Å²) in [6.45, 7) is 4.34. The topological polar surface area (TPSA) is 95.7 Å². The lowest BCUT2D eigenvalue weighted by atomic mass is 10.1. The van der Waals surface area contributed by atoms with E-state index < -0.39 is 18.0 Å². The maximum absolute atomic E-state index is 12.3. The molecule has 23 heavy (non-hydrogen) atoms. The molecule has 6 nitrogen and oxygen atoms in total. The molecule has 2 atom stereocenters. The lowest BCUT2D eigenvalue weighted by molar-refractivity contribution is -0.129. The molecule has 0 bridgehead atoms. The third-order valence-electron chi connectivity index (χ3n) is 4.30. The lowest BCUT2D eigenvalue weighted by Gasteiger charge is -2.27. The molecule has 0 saturated carbocycles. The van der Waals surface area contributed by atoms with Crippen molar-refractivity contribution in [2.24, 2.45) is 5.73 Å². The minimum Gasteiger partial charge on any atom is -0.507 e. The van der Waals surface area contributed by atoms with Crippen LogP contribution in [0, 0.1) is 6.92 Å². The number of hydrogen-bond donors (Lipinski definition) is 3.